The Bertz CT molecular complexity index is 1150. The van der Waals surface area contributed by atoms with Crippen molar-refractivity contribution in [2.45, 2.75) is 24.8 Å². The maximum absolute atomic E-state index is 13.0. The van der Waals surface area contributed by atoms with E-state index in [0.717, 1.165) is 11.1 Å². The van der Waals surface area contributed by atoms with E-state index in [1.54, 1.807) is 31.2 Å². The highest BCUT2D eigenvalue weighted by atomic mass is 32.2. The standard InChI is InChI=1S/C23H23FN2O4S/c1-16-5-3-4-6-22(16)26-31(28,29)21-13-11-20(12-14-21)30-15-23(27)25-17(2)18-7-9-19(24)10-8-18/h3-14,17,26H,15H2,1-2H3,(H,25,27)/t17-/m1/s1. The van der Waals surface area contributed by atoms with Crippen LogP contribution < -0.4 is 14.8 Å². The summed E-state index contributed by atoms with van der Waals surface area (Å²) < 4.78 is 46.1. The lowest BCUT2D eigenvalue weighted by Gasteiger charge is -2.15. The van der Waals surface area contributed by atoms with E-state index >= 15 is 0 Å². The van der Waals surface area contributed by atoms with Crippen LogP contribution in [0, 0.1) is 12.7 Å². The van der Waals surface area contributed by atoms with E-state index in [0.29, 0.717) is 11.4 Å². The molecule has 3 aromatic carbocycles. The van der Waals surface area contributed by atoms with Gasteiger partial charge in [-0.1, -0.05) is 30.3 Å². The van der Waals surface area contributed by atoms with Crippen molar-refractivity contribution in [3.63, 3.8) is 0 Å². The number of para-hydroxylation sites is 1. The van der Waals surface area contributed by atoms with E-state index in [1.807, 2.05) is 19.1 Å². The van der Waals surface area contributed by atoms with Crippen LogP contribution in [-0.4, -0.2) is 20.9 Å². The molecule has 6 nitrogen and oxygen atoms in total. The van der Waals surface area contributed by atoms with E-state index in [1.165, 1.54) is 36.4 Å². The van der Waals surface area contributed by atoms with Crippen LogP contribution in [0.15, 0.2) is 77.7 Å². The number of halogens is 1. The molecule has 1 atom stereocenters. The number of ether oxygens (including phenoxy) is 1. The fourth-order valence-corrected chi connectivity index (χ4v) is 4.00. The number of benzene rings is 3. The number of carbonyl (C=O) groups excluding carboxylic acids is 1. The Balaban J connectivity index is 1.56. The van der Waals surface area contributed by atoms with E-state index in [-0.39, 0.29) is 29.3 Å². The molecule has 0 saturated carbocycles. The molecule has 2 N–H and O–H groups in total. The Morgan fingerprint density at radius 1 is 1.00 bits per heavy atom. The lowest BCUT2D eigenvalue weighted by Crippen LogP contribution is -2.31. The number of carbonyl (C=O) groups is 1. The van der Waals surface area contributed by atoms with Gasteiger partial charge in [-0.2, -0.15) is 0 Å². The van der Waals surface area contributed by atoms with Gasteiger partial charge in [0.15, 0.2) is 6.61 Å². The summed E-state index contributed by atoms with van der Waals surface area (Å²) >= 11 is 0. The van der Waals surface area contributed by atoms with Crippen LogP contribution in [-0.2, 0) is 14.8 Å². The Morgan fingerprint density at radius 2 is 1.65 bits per heavy atom. The predicted octanol–water partition coefficient (Wildman–Crippen LogP) is 4.19. The van der Waals surface area contributed by atoms with E-state index in [9.17, 15) is 17.6 Å². The van der Waals surface area contributed by atoms with E-state index < -0.39 is 10.0 Å². The third kappa shape index (κ3) is 6.05. The first-order valence-corrected chi connectivity index (χ1v) is 11.1. The number of rotatable bonds is 8. The topological polar surface area (TPSA) is 84.5 Å². The number of aryl methyl sites for hydroxylation is 1. The van der Waals surface area contributed by atoms with Gasteiger partial charge < -0.3 is 10.1 Å². The van der Waals surface area contributed by atoms with Crippen LogP contribution >= 0.6 is 0 Å². The van der Waals surface area contributed by atoms with Crippen molar-refractivity contribution >= 4 is 21.6 Å². The monoisotopic (exact) mass is 442 g/mol. The zero-order valence-electron chi connectivity index (χ0n) is 17.1. The molecule has 0 unspecified atom stereocenters. The summed E-state index contributed by atoms with van der Waals surface area (Å²) in [6, 6.07) is 18.5. The first-order valence-electron chi connectivity index (χ1n) is 9.61. The van der Waals surface area contributed by atoms with Crippen molar-refractivity contribution < 1.29 is 22.3 Å². The van der Waals surface area contributed by atoms with Gasteiger partial charge in [0.2, 0.25) is 0 Å². The summed E-state index contributed by atoms with van der Waals surface area (Å²) in [6.45, 7) is 3.36. The molecular weight excluding hydrogens is 419 g/mol. The van der Waals surface area contributed by atoms with Gasteiger partial charge in [-0.05, 0) is 67.4 Å². The summed E-state index contributed by atoms with van der Waals surface area (Å²) in [7, 11) is -3.75. The van der Waals surface area contributed by atoms with Crippen LogP contribution in [0.1, 0.15) is 24.1 Å². The zero-order chi connectivity index (χ0) is 22.4. The first kappa shape index (κ1) is 22.3. The van der Waals surface area contributed by atoms with E-state index in [2.05, 4.69) is 10.0 Å². The van der Waals surface area contributed by atoms with Crippen molar-refractivity contribution in [3.05, 3.63) is 89.7 Å². The highest BCUT2D eigenvalue weighted by molar-refractivity contribution is 7.92. The van der Waals surface area contributed by atoms with Gasteiger partial charge in [0.05, 0.1) is 16.6 Å². The van der Waals surface area contributed by atoms with Gasteiger partial charge in [-0.3, -0.25) is 9.52 Å². The lowest BCUT2D eigenvalue weighted by atomic mass is 10.1. The predicted molar refractivity (Wildman–Crippen MR) is 117 cm³/mol. The molecule has 31 heavy (non-hydrogen) atoms. The van der Waals surface area contributed by atoms with Crippen LogP contribution in [0.25, 0.3) is 0 Å². The number of hydrogen-bond donors (Lipinski definition) is 2. The second-order valence-corrected chi connectivity index (χ2v) is 8.70. The molecule has 0 radical (unpaired) electrons. The van der Waals surface area contributed by atoms with Gasteiger partial charge in [-0.15, -0.1) is 0 Å². The molecule has 0 aliphatic carbocycles. The molecule has 1 amide bonds. The number of hydrogen-bond acceptors (Lipinski definition) is 4. The van der Waals surface area contributed by atoms with Gasteiger partial charge >= 0.3 is 0 Å². The molecule has 8 heteroatoms. The summed E-state index contributed by atoms with van der Waals surface area (Å²) in [5.41, 5.74) is 2.09. The van der Waals surface area contributed by atoms with Crippen LogP contribution in [0.3, 0.4) is 0 Å². The Kier molecular flexibility index (Phi) is 6.91. The quantitative estimate of drug-likeness (QED) is 0.548. The minimum Gasteiger partial charge on any atom is -0.484 e. The fourth-order valence-electron chi connectivity index (χ4n) is 2.87. The van der Waals surface area contributed by atoms with Crippen LogP contribution in [0.5, 0.6) is 5.75 Å². The van der Waals surface area contributed by atoms with Crippen molar-refractivity contribution in [2.75, 3.05) is 11.3 Å². The molecule has 0 fully saturated rings. The highest BCUT2D eigenvalue weighted by Crippen LogP contribution is 2.21. The van der Waals surface area contributed by atoms with Crippen molar-refractivity contribution in [3.8, 4) is 5.75 Å². The molecule has 0 bridgehead atoms. The molecule has 3 rings (SSSR count). The van der Waals surface area contributed by atoms with Gasteiger partial charge in [0.25, 0.3) is 15.9 Å². The summed E-state index contributed by atoms with van der Waals surface area (Å²) in [5, 5.41) is 2.76. The average Bonchev–Trinajstić information content (AvgIpc) is 2.74. The Morgan fingerprint density at radius 3 is 2.29 bits per heavy atom. The second kappa shape index (κ2) is 9.61. The molecule has 0 heterocycles. The van der Waals surface area contributed by atoms with Gasteiger partial charge in [0.1, 0.15) is 11.6 Å². The summed E-state index contributed by atoms with van der Waals surface area (Å²) in [5.74, 6) is -0.334. The first-order chi connectivity index (χ1) is 14.7. The number of sulfonamides is 1. The Hall–Kier alpha value is -3.39. The van der Waals surface area contributed by atoms with Crippen molar-refractivity contribution in [1.29, 1.82) is 0 Å². The van der Waals surface area contributed by atoms with Crippen LogP contribution in [0.2, 0.25) is 0 Å². The largest absolute Gasteiger partial charge is 0.484 e. The highest BCUT2D eigenvalue weighted by Gasteiger charge is 2.16. The fraction of sp³-hybridized carbons (Fsp3) is 0.174. The minimum absolute atomic E-state index is 0.0810. The average molecular weight is 443 g/mol. The number of anilines is 1. The number of amides is 1. The minimum atomic E-state index is -3.75. The molecule has 3 aromatic rings. The van der Waals surface area contributed by atoms with Gasteiger partial charge in [-0.25, -0.2) is 12.8 Å². The zero-order valence-corrected chi connectivity index (χ0v) is 17.9. The molecule has 0 aromatic heterocycles. The SMILES string of the molecule is Cc1ccccc1NS(=O)(=O)c1ccc(OCC(=O)N[C@H](C)c2ccc(F)cc2)cc1. The maximum Gasteiger partial charge on any atom is 0.261 e. The van der Waals surface area contributed by atoms with Crippen molar-refractivity contribution in [2.24, 2.45) is 0 Å². The summed E-state index contributed by atoms with van der Waals surface area (Å²) in [4.78, 5) is 12.2. The lowest BCUT2D eigenvalue weighted by molar-refractivity contribution is -0.123. The van der Waals surface area contributed by atoms with Crippen molar-refractivity contribution in [1.82, 2.24) is 5.32 Å². The molecule has 0 saturated heterocycles. The smallest absolute Gasteiger partial charge is 0.261 e. The molecular formula is C23H23FN2O4S. The molecule has 0 aliphatic heterocycles. The second-order valence-electron chi connectivity index (χ2n) is 7.02. The molecule has 0 aliphatic rings. The number of nitrogens with one attached hydrogen (secondary N) is 2. The van der Waals surface area contributed by atoms with Crippen LogP contribution in [0.4, 0.5) is 10.1 Å². The maximum atomic E-state index is 13.0. The summed E-state index contributed by atoms with van der Waals surface area (Å²) in [6.07, 6.45) is 0. The van der Waals surface area contributed by atoms with Gasteiger partial charge in [0, 0.05) is 0 Å². The molecule has 162 valence electrons. The van der Waals surface area contributed by atoms with E-state index in [4.69, 9.17) is 4.74 Å². The Labute approximate surface area is 181 Å². The third-order valence-corrected chi connectivity index (χ3v) is 6.02. The third-order valence-electron chi connectivity index (χ3n) is 4.64. The normalized spacial score (nSPS) is 12.1. The molecule has 0 spiro atoms.